The Balaban J connectivity index is 2.74. The summed E-state index contributed by atoms with van der Waals surface area (Å²) in [5, 5.41) is 0. The van der Waals surface area contributed by atoms with E-state index in [0.29, 0.717) is 0 Å². The molecular weight excluding hydrogens is 208 g/mol. The highest BCUT2D eigenvalue weighted by molar-refractivity contribution is 5.79. The molecule has 0 spiro atoms. The summed E-state index contributed by atoms with van der Waals surface area (Å²) >= 11 is 0. The van der Waals surface area contributed by atoms with E-state index in [-0.39, 0.29) is 0 Å². The van der Waals surface area contributed by atoms with Crippen molar-refractivity contribution >= 4 is 18.2 Å². The molecule has 0 saturated carbocycles. The average Bonchev–Trinajstić information content (AvgIpc) is 2.59. The summed E-state index contributed by atoms with van der Waals surface area (Å²) in [7, 11) is 1.68. The van der Waals surface area contributed by atoms with Crippen LogP contribution in [0, 0.1) is 12.3 Å². The van der Waals surface area contributed by atoms with Crippen LogP contribution in [-0.4, -0.2) is 7.11 Å². The maximum absolute atomic E-state index is 5.52. The van der Waals surface area contributed by atoms with Gasteiger partial charge >= 0.3 is 0 Å². The number of terminal acetylenes is 1. The molecular formula is C16H14O. The topological polar surface area (TPSA) is 9.23 Å². The Hall–Kier alpha value is -2.20. The molecule has 0 aromatic heterocycles. The van der Waals surface area contributed by atoms with Gasteiger partial charge in [-0.05, 0) is 28.8 Å². The van der Waals surface area contributed by atoms with Crippen LogP contribution in [0.2, 0.25) is 0 Å². The van der Waals surface area contributed by atoms with E-state index in [9.17, 15) is 0 Å². The smallest absolute Gasteiger partial charge is 0.0999 e. The van der Waals surface area contributed by atoms with Crippen LogP contribution in [-0.2, 0) is 4.74 Å². The standard InChI is InChI=1S/C16H14O/c1-4-12-9-10-13(5-2)16-11-14(17-3)7-6-8-15(12)16/h1,5-6,8-11H,2,7H2,3H3. The fraction of sp³-hybridized carbons (Fsp3) is 0.125. The molecule has 1 aliphatic carbocycles. The number of hydrogen-bond donors (Lipinski definition) is 0. The predicted octanol–water partition coefficient (Wildman–Crippen LogP) is 3.72. The molecule has 1 nitrogen and oxygen atoms in total. The molecule has 0 unspecified atom stereocenters. The van der Waals surface area contributed by atoms with Crippen LogP contribution in [0.3, 0.4) is 0 Å². The van der Waals surface area contributed by atoms with Gasteiger partial charge in [0.2, 0.25) is 0 Å². The van der Waals surface area contributed by atoms with Crippen LogP contribution in [0.1, 0.15) is 28.7 Å². The molecule has 0 saturated heterocycles. The van der Waals surface area contributed by atoms with E-state index in [4.69, 9.17) is 11.2 Å². The second-order valence-electron chi connectivity index (χ2n) is 3.80. The largest absolute Gasteiger partial charge is 0.501 e. The van der Waals surface area contributed by atoms with E-state index < -0.39 is 0 Å². The summed E-state index contributed by atoms with van der Waals surface area (Å²) in [6, 6.07) is 3.94. The molecule has 1 aromatic rings. The van der Waals surface area contributed by atoms with Crippen molar-refractivity contribution in [1.82, 2.24) is 0 Å². The molecule has 17 heavy (non-hydrogen) atoms. The van der Waals surface area contributed by atoms with Gasteiger partial charge in [-0.15, -0.1) is 6.42 Å². The van der Waals surface area contributed by atoms with Gasteiger partial charge in [-0.25, -0.2) is 0 Å². The molecule has 0 atom stereocenters. The van der Waals surface area contributed by atoms with Gasteiger partial charge in [0.15, 0.2) is 0 Å². The van der Waals surface area contributed by atoms with E-state index in [0.717, 1.165) is 34.4 Å². The summed E-state index contributed by atoms with van der Waals surface area (Å²) in [5.41, 5.74) is 4.12. The lowest BCUT2D eigenvalue weighted by Crippen LogP contribution is -1.92. The third-order valence-corrected chi connectivity index (χ3v) is 2.87. The van der Waals surface area contributed by atoms with E-state index in [1.165, 1.54) is 0 Å². The highest BCUT2D eigenvalue weighted by atomic mass is 16.5. The third kappa shape index (κ3) is 2.03. The van der Waals surface area contributed by atoms with Crippen molar-refractivity contribution in [3.8, 4) is 12.3 Å². The van der Waals surface area contributed by atoms with Crippen LogP contribution < -0.4 is 0 Å². The molecule has 0 aliphatic heterocycles. The lowest BCUT2D eigenvalue weighted by Gasteiger charge is -2.09. The fourth-order valence-electron chi connectivity index (χ4n) is 1.95. The molecule has 0 radical (unpaired) electrons. The maximum atomic E-state index is 5.52. The molecule has 0 fully saturated rings. The van der Waals surface area contributed by atoms with Gasteiger partial charge in [0.1, 0.15) is 0 Å². The van der Waals surface area contributed by atoms with Crippen molar-refractivity contribution in [3.05, 3.63) is 52.8 Å². The maximum Gasteiger partial charge on any atom is 0.0999 e. The van der Waals surface area contributed by atoms with Crippen LogP contribution in [0.5, 0.6) is 0 Å². The summed E-state index contributed by atoms with van der Waals surface area (Å²) in [6.07, 6.45) is 14.3. The van der Waals surface area contributed by atoms with Crippen molar-refractivity contribution in [2.24, 2.45) is 0 Å². The molecule has 0 heterocycles. The first-order chi connectivity index (χ1) is 8.30. The second kappa shape index (κ2) is 4.76. The number of ether oxygens (including phenoxy) is 1. The molecule has 0 bridgehead atoms. The van der Waals surface area contributed by atoms with Crippen LogP contribution in [0.4, 0.5) is 0 Å². The van der Waals surface area contributed by atoms with Crippen molar-refractivity contribution in [2.45, 2.75) is 6.42 Å². The monoisotopic (exact) mass is 222 g/mol. The molecule has 84 valence electrons. The molecule has 1 aliphatic rings. The van der Waals surface area contributed by atoms with E-state index in [1.54, 1.807) is 7.11 Å². The summed E-state index contributed by atoms with van der Waals surface area (Å²) in [4.78, 5) is 0. The zero-order valence-corrected chi connectivity index (χ0v) is 9.86. The first-order valence-corrected chi connectivity index (χ1v) is 5.47. The quantitative estimate of drug-likeness (QED) is 0.693. The van der Waals surface area contributed by atoms with E-state index in [2.05, 4.69) is 24.7 Å². The Kier molecular flexibility index (Phi) is 3.16. The Morgan fingerprint density at radius 1 is 1.41 bits per heavy atom. The molecule has 1 aromatic carbocycles. The molecule has 2 rings (SSSR count). The minimum Gasteiger partial charge on any atom is -0.501 e. The second-order valence-corrected chi connectivity index (χ2v) is 3.80. The number of rotatable bonds is 2. The summed E-state index contributed by atoms with van der Waals surface area (Å²) < 4.78 is 5.32. The van der Waals surface area contributed by atoms with Gasteiger partial charge < -0.3 is 4.74 Å². The van der Waals surface area contributed by atoms with Crippen LogP contribution in [0.25, 0.3) is 18.2 Å². The highest BCUT2D eigenvalue weighted by Crippen LogP contribution is 2.28. The zero-order valence-electron chi connectivity index (χ0n) is 9.86. The van der Waals surface area contributed by atoms with Crippen molar-refractivity contribution in [2.75, 3.05) is 7.11 Å². The van der Waals surface area contributed by atoms with Crippen molar-refractivity contribution < 1.29 is 4.74 Å². The first-order valence-electron chi connectivity index (χ1n) is 5.47. The lowest BCUT2D eigenvalue weighted by molar-refractivity contribution is 0.289. The fourth-order valence-corrected chi connectivity index (χ4v) is 1.95. The number of fused-ring (bicyclic) bond motifs is 1. The normalized spacial score (nSPS) is 13.1. The zero-order chi connectivity index (χ0) is 12.3. The Bertz CT molecular complexity index is 554. The van der Waals surface area contributed by atoms with Crippen LogP contribution in [0.15, 0.2) is 30.5 Å². The van der Waals surface area contributed by atoms with E-state index >= 15 is 0 Å². The van der Waals surface area contributed by atoms with Crippen LogP contribution >= 0.6 is 0 Å². The van der Waals surface area contributed by atoms with Gasteiger partial charge in [0.05, 0.1) is 12.9 Å². The Morgan fingerprint density at radius 3 is 2.88 bits per heavy atom. The number of hydrogen-bond acceptors (Lipinski definition) is 1. The molecule has 0 amide bonds. The SMILES string of the molecule is C#Cc1ccc(C=C)c2c1C=CCC(OC)=C2. The Labute approximate surface area is 102 Å². The minimum atomic E-state index is 0.784. The van der Waals surface area contributed by atoms with Crippen molar-refractivity contribution in [1.29, 1.82) is 0 Å². The summed E-state index contributed by atoms with van der Waals surface area (Å²) in [6.45, 7) is 3.83. The highest BCUT2D eigenvalue weighted by Gasteiger charge is 2.10. The molecule has 1 heteroatoms. The lowest BCUT2D eigenvalue weighted by atomic mass is 9.96. The van der Waals surface area contributed by atoms with Gasteiger partial charge in [-0.2, -0.15) is 0 Å². The average molecular weight is 222 g/mol. The van der Waals surface area contributed by atoms with Gasteiger partial charge in [0, 0.05) is 12.0 Å². The van der Waals surface area contributed by atoms with Crippen molar-refractivity contribution in [3.63, 3.8) is 0 Å². The molecule has 0 N–H and O–H groups in total. The number of methoxy groups -OCH3 is 1. The first kappa shape index (κ1) is 11.3. The minimum absolute atomic E-state index is 0.784. The van der Waals surface area contributed by atoms with Gasteiger partial charge in [-0.3, -0.25) is 0 Å². The Morgan fingerprint density at radius 2 is 2.24 bits per heavy atom. The third-order valence-electron chi connectivity index (χ3n) is 2.87. The van der Waals surface area contributed by atoms with E-state index in [1.807, 2.05) is 24.3 Å². The van der Waals surface area contributed by atoms with Gasteiger partial charge in [0.25, 0.3) is 0 Å². The van der Waals surface area contributed by atoms with Gasteiger partial charge in [-0.1, -0.05) is 36.8 Å². The number of allylic oxidation sites excluding steroid dienone is 1. The number of benzene rings is 1. The predicted molar refractivity (Wildman–Crippen MR) is 73.1 cm³/mol. The summed E-state index contributed by atoms with van der Waals surface area (Å²) in [5.74, 6) is 3.64.